The number of furan rings is 1. The first-order valence-electron chi connectivity index (χ1n) is 5.07. The van der Waals surface area contributed by atoms with E-state index in [0.29, 0.717) is 12.1 Å². The smallest absolute Gasteiger partial charge is 0.105 e. The number of ether oxygens (including phenoxy) is 1. The number of nitrogens with one attached hydrogen (secondary N) is 1. The van der Waals surface area contributed by atoms with Crippen LogP contribution in [0.3, 0.4) is 0 Å². The molecule has 1 aliphatic rings. The monoisotopic (exact) mass is 195 g/mol. The normalized spacial score (nSPS) is 19.4. The molecule has 1 aromatic heterocycles. The Morgan fingerprint density at radius 3 is 2.57 bits per heavy atom. The van der Waals surface area contributed by atoms with E-state index >= 15 is 0 Å². The zero-order valence-electron chi connectivity index (χ0n) is 8.96. The van der Waals surface area contributed by atoms with E-state index in [1.807, 2.05) is 13.8 Å². The second-order valence-electron chi connectivity index (χ2n) is 3.99. The molecular formula is C11H17NO2. The van der Waals surface area contributed by atoms with Crippen LogP contribution < -0.4 is 5.32 Å². The first-order chi connectivity index (χ1) is 6.66. The third-order valence-electron chi connectivity index (χ3n) is 2.67. The third-order valence-corrected chi connectivity index (χ3v) is 2.67. The highest BCUT2D eigenvalue weighted by Gasteiger charge is 2.22. The Kier molecular flexibility index (Phi) is 2.61. The summed E-state index contributed by atoms with van der Waals surface area (Å²) in [6.45, 7) is 7.82. The molecule has 0 amide bonds. The molecule has 1 N–H and O–H groups in total. The average molecular weight is 195 g/mol. The van der Waals surface area contributed by atoms with Gasteiger partial charge in [0.25, 0.3) is 0 Å². The summed E-state index contributed by atoms with van der Waals surface area (Å²) >= 11 is 0. The fraction of sp³-hybridized carbons (Fsp3) is 0.636. The fourth-order valence-electron chi connectivity index (χ4n) is 1.86. The van der Waals surface area contributed by atoms with Crippen molar-refractivity contribution in [1.29, 1.82) is 0 Å². The second kappa shape index (κ2) is 3.75. The molecule has 1 aliphatic heterocycles. The van der Waals surface area contributed by atoms with Crippen LogP contribution in [0.15, 0.2) is 10.5 Å². The molecule has 1 unspecified atom stereocenters. The number of rotatable bonds is 3. The zero-order chi connectivity index (χ0) is 10.1. The van der Waals surface area contributed by atoms with Crippen molar-refractivity contribution in [3.05, 3.63) is 23.2 Å². The molecule has 1 saturated heterocycles. The topological polar surface area (TPSA) is 34.4 Å². The van der Waals surface area contributed by atoms with Gasteiger partial charge in [0.1, 0.15) is 11.5 Å². The summed E-state index contributed by atoms with van der Waals surface area (Å²) in [5.74, 6) is 2.00. The van der Waals surface area contributed by atoms with Gasteiger partial charge in [-0.05, 0) is 26.8 Å². The molecule has 0 aliphatic carbocycles. The quantitative estimate of drug-likeness (QED) is 0.800. The molecule has 0 radical (unpaired) electrons. The van der Waals surface area contributed by atoms with Crippen molar-refractivity contribution >= 4 is 0 Å². The van der Waals surface area contributed by atoms with Crippen molar-refractivity contribution in [2.75, 3.05) is 13.2 Å². The molecular weight excluding hydrogens is 178 g/mol. The van der Waals surface area contributed by atoms with Gasteiger partial charge in [0.15, 0.2) is 0 Å². The van der Waals surface area contributed by atoms with Crippen molar-refractivity contribution < 1.29 is 9.15 Å². The van der Waals surface area contributed by atoms with Gasteiger partial charge in [0, 0.05) is 11.6 Å². The fourth-order valence-corrected chi connectivity index (χ4v) is 1.86. The van der Waals surface area contributed by atoms with Crippen LogP contribution in [-0.2, 0) is 4.74 Å². The number of aryl methyl sites for hydroxylation is 2. The minimum absolute atomic E-state index is 0.348. The van der Waals surface area contributed by atoms with Crippen LogP contribution in [0.25, 0.3) is 0 Å². The van der Waals surface area contributed by atoms with E-state index in [9.17, 15) is 0 Å². The molecule has 3 heteroatoms. The van der Waals surface area contributed by atoms with Crippen LogP contribution >= 0.6 is 0 Å². The maximum atomic E-state index is 5.50. The lowest BCUT2D eigenvalue weighted by molar-refractivity contribution is -0.00931. The van der Waals surface area contributed by atoms with Crippen molar-refractivity contribution in [3.8, 4) is 0 Å². The molecule has 2 heterocycles. The van der Waals surface area contributed by atoms with Gasteiger partial charge in [-0.1, -0.05) is 0 Å². The molecule has 1 aromatic rings. The number of hydrogen-bond donors (Lipinski definition) is 1. The van der Waals surface area contributed by atoms with E-state index < -0.39 is 0 Å². The summed E-state index contributed by atoms with van der Waals surface area (Å²) in [5.41, 5.74) is 1.26. The van der Waals surface area contributed by atoms with Crippen LogP contribution in [0.2, 0.25) is 0 Å². The zero-order valence-corrected chi connectivity index (χ0v) is 8.96. The number of hydrogen-bond acceptors (Lipinski definition) is 3. The highest BCUT2D eigenvalue weighted by Crippen LogP contribution is 2.22. The van der Waals surface area contributed by atoms with Crippen molar-refractivity contribution in [2.45, 2.75) is 32.9 Å². The Morgan fingerprint density at radius 2 is 2.14 bits per heavy atom. The standard InChI is InChI=1S/C11H17NO2/c1-7-4-11(9(3)14-7)8(2)12-10-5-13-6-10/h4,8,10,12H,5-6H2,1-3H3. The van der Waals surface area contributed by atoms with Crippen LogP contribution in [0, 0.1) is 13.8 Å². The molecule has 2 rings (SSSR count). The SMILES string of the molecule is Cc1cc(C(C)NC2COC2)c(C)o1. The molecule has 0 saturated carbocycles. The Balaban J connectivity index is 2.02. The summed E-state index contributed by atoms with van der Waals surface area (Å²) in [6, 6.07) is 2.97. The summed E-state index contributed by atoms with van der Waals surface area (Å²) < 4.78 is 10.6. The summed E-state index contributed by atoms with van der Waals surface area (Å²) in [6.07, 6.45) is 0. The van der Waals surface area contributed by atoms with Gasteiger partial charge >= 0.3 is 0 Å². The maximum absolute atomic E-state index is 5.50. The van der Waals surface area contributed by atoms with E-state index in [1.165, 1.54) is 5.56 Å². The highest BCUT2D eigenvalue weighted by atomic mass is 16.5. The van der Waals surface area contributed by atoms with E-state index in [0.717, 1.165) is 24.7 Å². The Hall–Kier alpha value is -0.800. The predicted octanol–water partition coefficient (Wildman–Crippen LogP) is 1.95. The Labute approximate surface area is 84.4 Å². The van der Waals surface area contributed by atoms with Crippen LogP contribution in [0.1, 0.15) is 30.0 Å². The van der Waals surface area contributed by atoms with Gasteiger partial charge in [-0.2, -0.15) is 0 Å². The molecule has 78 valence electrons. The van der Waals surface area contributed by atoms with Crippen LogP contribution in [0.5, 0.6) is 0 Å². The minimum atomic E-state index is 0.348. The molecule has 1 fully saturated rings. The average Bonchev–Trinajstić information content (AvgIpc) is 2.37. The largest absolute Gasteiger partial charge is 0.466 e. The van der Waals surface area contributed by atoms with Crippen LogP contribution in [-0.4, -0.2) is 19.3 Å². The Bertz CT molecular complexity index is 315. The predicted molar refractivity (Wildman–Crippen MR) is 54.3 cm³/mol. The van der Waals surface area contributed by atoms with Crippen molar-refractivity contribution in [3.63, 3.8) is 0 Å². The van der Waals surface area contributed by atoms with E-state index in [-0.39, 0.29) is 0 Å². The molecule has 0 bridgehead atoms. The minimum Gasteiger partial charge on any atom is -0.466 e. The van der Waals surface area contributed by atoms with Gasteiger partial charge < -0.3 is 14.5 Å². The second-order valence-corrected chi connectivity index (χ2v) is 3.99. The summed E-state index contributed by atoms with van der Waals surface area (Å²) in [7, 11) is 0. The maximum Gasteiger partial charge on any atom is 0.105 e. The van der Waals surface area contributed by atoms with E-state index in [2.05, 4.69) is 18.3 Å². The van der Waals surface area contributed by atoms with E-state index in [4.69, 9.17) is 9.15 Å². The first kappa shape index (κ1) is 9.74. The van der Waals surface area contributed by atoms with E-state index in [1.54, 1.807) is 0 Å². The molecule has 0 aromatic carbocycles. The van der Waals surface area contributed by atoms with Crippen LogP contribution in [0.4, 0.5) is 0 Å². The van der Waals surface area contributed by atoms with Crippen molar-refractivity contribution in [1.82, 2.24) is 5.32 Å². The summed E-state index contributed by atoms with van der Waals surface area (Å²) in [5, 5.41) is 3.50. The first-order valence-corrected chi connectivity index (χ1v) is 5.07. The van der Waals surface area contributed by atoms with Gasteiger partial charge in [-0.15, -0.1) is 0 Å². The van der Waals surface area contributed by atoms with Gasteiger partial charge in [-0.25, -0.2) is 0 Å². The molecule has 14 heavy (non-hydrogen) atoms. The van der Waals surface area contributed by atoms with Gasteiger partial charge in [0.05, 0.1) is 19.3 Å². The van der Waals surface area contributed by atoms with Crippen molar-refractivity contribution in [2.24, 2.45) is 0 Å². The lowest BCUT2D eigenvalue weighted by Gasteiger charge is -2.30. The Morgan fingerprint density at radius 1 is 1.43 bits per heavy atom. The molecule has 0 spiro atoms. The molecule has 3 nitrogen and oxygen atoms in total. The van der Waals surface area contributed by atoms with Gasteiger partial charge in [0.2, 0.25) is 0 Å². The lowest BCUT2D eigenvalue weighted by atomic mass is 10.1. The third kappa shape index (κ3) is 1.83. The summed E-state index contributed by atoms with van der Waals surface area (Å²) in [4.78, 5) is 0. The lowest BCUT2D eigenvalue weighted by Crippen LogP contribution is -2.46. The molecule has 1 atom stereocenters. The van der Waals surface area contributed by atoms with Gasteiger partial charge in [-0.3, -0.25) is 0 Å². The highest BCUT2D eigenvalue weighted by molar-refractivity contribution is 5.23.